The lowest BCUT2D eigenvalue weighted by Gasteiger charge is -2.39. The van der Waals surface area contributed by atoms with Gasteiger partial charge in [0.2, 0.25) is 0 Å². The van der Waals surface area contributed by atoms with Gasteiger partial charge in [0.15, 0.2) is 0 Å². The fourth-order valence-corrected chi connectivity index (χ4v) is 4.24. The molecular formula is C20H31N3O2. The number of likely N-dealkylation sites (tertiary alicyclic amines) is 2. The summed E-state index contributed by atoms with van der Waals surface area (Å²) in [5, 5.41) is 11.0. The van der Waals surface area contributed by atoms with E-state index < -0.39 is 0 Å². The first-order valence-electron chi connectivity index (χ1n) is 9.73. The molecule has 25 heavy (non-hydrogen) atoms. The Morgan fingerprint density at radius 2 is 1.84 bits per heavy atom. The molecule has 2 aliphatic heterocycles. The highest BCUT2D eigenvalue weighted by Gasteiger charge is 2.26. The van der Waals surface area contributed by atoms with Crippen LogP contribution in [0.15, 0.2) is 24.3 Å². The van der Waals surface area contributed by atoms with Crippen LogP contribution in [0, 0.1) is 22.0 Å². The number of hydrogen-bond donors (Lipinski definition) is 0. The molecule has 5 nitrogen and oxygen atoms in total. The van der Waals surface area contributed by atoms with Gasteiger partial charge >= 0.3 is 0 Å². The van der Waals surface area contributed by atoms with Crippen molar-refractivity contribution in [2.45, 2.75) is 45.6 Å². The molecule has 0 N–H and O–H groups in total. The molecule has 0 aliphatic carbocycles. The Hall–Kier alpha value is -1.46. The lowest BCUT2D eigenvalue weighted by molar-refractivity contribution is -0.385. The third-order valence-corrected chi connectivity index (χ3v) is 6.15. The van der Waals surface area contributed by atoms with Gasteiger partial charge in [-0.25, -0.2) is 0 Å². The van der Waals surface area contributed by atoms with E-state index in [2.05, 4.69) is 23.6 Å². The van der Waals surface area contributed by atoms with Gasteiger partial charge in [-0.05, 0) is 76.2 Å². The Morgan fingerprint density at radius 1 is 1.16 bits per heavy atom. The summed E-state index contributed by atoms with van der Waals surface area (Å²) in [5.74, 6) is 1.70. The van der Waals surface area contributed by atoms with Crippen LogP contribution in [-0.4, -0.2) is 47.4 Å². The normalized spacial score (nSPS) is 22.8. The number of piperidine rings is 2. The number of non-ortho nitro benzene ring substituents is 1. The van der Waals surface area contributed by atoms with Crippen LogP contribution in [-0.2, 0) is 0 Å². The second-order valence-electron chi connectivity index (χ2n) is 7.99. The lowest BCUT2D eigenvalue weighted by Crippen LogP contribution is -2.41. The van der Waals surface area contributed by atoms with E-state index in [0.717, 1.165) is 30.5 Å². The highest BCUT2D eigenvalue weighted by Crippen LogP contribution is 2.29. The molecule has 2 fully saturated rings. The summed E-state index contributed by atoms with van der Waals surface area (Å²) in [4.78, 5) is 15.8. The smallest absolute Gasteiger partial charge is 0.269 e. The number of rotatable bonds is 5. The van der Waals surface area contributed by atoms with Gasteiger partial charge in [-0.15, -0.1) is 0 Å². The van der Waals surface area contributed by atoms with E-state index in [9.17, 15) is 10.1 Å². The van der Waals surface area contributed by atoms with Gasteiger partial charge in [-0.1, -0.05) is 19.1 Å². The van der Waals surface area contributed by atoms with Crippen molar-refractivity contribution >= 4 is 5.69 Å². The zero-order valence-corrected chi connectivity index (χ0v) is 15.6. The molecule has 1 aromatic carbocycles. The highest BCUT2D eigenvalue weighted by atomic mass is 16.6. The van der Waals surface area contributed by atoms with Crippen LogP contribution in [0.3, 0.4) is 0 Å². The van der Waals surface area contributed by atoms with Gasteiger partial charge in [0, 0.05) is 24.7 Å². The summed E-state index contributed by atoms with van der Waals surface area (Å²) < 4.78 is 0. The summed E-state index contributed by atoms with van der Waals surface area (Å²) in [6.07, 6.45) is 5.18. The Labute approximate surface area is 151 Å². The standard InChI is InChI=1S/C20H31N3O2/c1-16-6-10-21(11-7-16)15-18-8-12-22(13-9-18)17(2)19-4-3-5-20(14-19)23(24)25/h3-5,14,16-18H,6-13,15H2,1-2H3/t17-/m1/s1. The first kappa shape index (κ1) is 18.3. The molecule has 2 aliphatic rings. The zero-order chi connectivity index (χ0) is 17.8. The zero-order valence-electron chi connectivity index (χ0n) is 15.6. The molecule has 0 aromatic heterocycles. The van der Waals surface area contributed by atoms with Crippen molar-refractivity contribution in [2.75, 3.05) is 32.7 Å². The molecule has 0 spiro atoms. The fraction of sp³-hybridized carbons (Fsp3) is 0.700. The molecule has 1 aromatic rings. The molecule has 138 valence electrons. The summed E-state index contributed by atoms with van der Waals surface area (Å²) in [7, 11) is 0. The predicted molar refractivity (Wildman–Crippen MR) is 101 cm³/mol. The minimum Gasteiger partial charge on any atom is -0.303 e. The Morgan fingerprint density at radius 3 is 2.48 bits per heavy atom. The molecule has 0 unspecified atom stereocenters. The molecule has 0 saturated carbocycles. The molecule has 2 saturated heterocycles. The van der Waals surface area contributed by atoms with Crippen molar-refractivity contribution in [2.24, 2.45) is 11.8 Å². The van der Waals surface area contributed by atoms with Gasteiger partial charge in [0.1, 0.15) is 0 Å². The largest absolute Gasteiger partial charge is 0.303 e. The van der Waals surface area contributed by atoms with E-state index in [-0.39, 0.29) is 16.7 Å². The van der Waals surface area contributed by atoms with Gasteiger partial charge in [-0.3, -0.25) is 15.0 Å². The summed E-state index contributed by atoms with van der Waals surface area (Å²) >= 11 is 0. The van der Waals surface area contributed by atoms with Crippen LogP contribution in [0.4, 0.5) is 5.69 Å². The maximum absolute atomic E-state index is 11.0. The van der Waals surface area contributed by atoms with Crippen LogP contribution < -0.4 is 0 Å². The number of nitro benzene ring substituents is 1. The summed E-state index contributed by atoms with van der Waals surface area (Å²) in [5.41, 5.74) is 1.25. The summed E-state index contributed by atoms with van der Waals surface area (Å²) in [6.45, 7) is 10.5. The molecule has 3 rings (SSSR count). The lowest BCUT2D eigenvalue weighted by atomic mass is 9.92. The van der Waals surface area contributed by atoms with Gasteiger partial charge < -0.3 is 4.90 Å². The maximum atomic E-state index is 11.0. The van der Waals surface area contributed by atoms with E-state index in [1.54, 1.807) is 18.2 Å². The van der Waals surface area contributed by atoms with E-state index in [1.807, 2.05) is 6.07 Å². The number of nitrogens with zero attached hydrogens (tertiary/aromatic N) is 3. The first-order chi connectivity index (χ1) is 12.0. The maximum Gasteiger partial charge on any atom is 0.269 e. The molecule has 5 heteroatoms. The predicted octanol–water partition coefficient (Wildman–Crippen LogP) is 4.10. The number of nitro groups is 1. The van der Waals surface area contributed by atoms with Crippen LogP contribution in [0.25, 0.3) is 0 Å². The molecule has 1 atom stereocenters. The Kier molecular flexibility index (Phi) is 6.07. The van der Waals surface area contributed by atoms with Crippen LogP contribution in [0.5, 0.6) is 0 Å². The average molecular weight is 345 g/mol. The molecule has 0 radical (unpaired) electrons. The minimum absolute atomic E-state index is 0.193. The molecule has 0 amide bonds. The SMILES string of the molecule is CC1CCN(CC2CCN([C@H](C)c3cccc([N+](=O)[O-])c3)CC2)CC1. The molecule has 2 heterocycles. The minimum atomic E-state index is -0.304. The Balaban J connectivity index is 1.50. The van der Waals surface area contributed by atoms with E-state index >= 15 is 0 Å². The van der Waals surface area contributed by atoms with Crippen LogP contribution >= 0.6 is 0 Å². The van der Waals surface area contributed by atoms with Gasteiger partial charge in [0.25, 0.3) is 5.69 Å². The topological polar surface area (TPSA) is 49.6 Å². The van der Waals surface area contributed by atoms with Crippen molar-refractivity contribution in [1.82, 2.24) is 9.80 Å². The van der Waals surface area contributed by atoms with Crippen molar-refractivity contribution in [3.8, 4) is 0 Å². The summed E-state index contributed by atoms with van der Waals surface area (Å²) in [6, 6.07) is 7.36. The van der Waals surface area contributed by atoms with Crippen molar-refractivity contribution in [3.63, 3.8) is 0 Å². The van der Waals surface area contributed by atoms with Crippen LogP contribution in [0.2, 0.25) is 0 Å². The average Bonchev–Trinajstić information content (AvgIpc) is 2.64. The van der Waals surface area contributed by atoms with E-state index in [0.29, 0.717) is 0 Å². The monoisotopic (exact) mass is 345 g/mol. The first-order valence-corrected chi connectivity index (χ1v) is 9.73. The number of hydrogen-bond acceptors (Lipinski definition) is 4. The second kappa shape index (κ2) is 8.28. The Bertz CT molecular complexity index is 576. The highest BCUT2D eigenvalue weighted by molar-refractivity contribution is 5.35. The quantitative estimate of drug-likeness (QED) is 0.595. The van der Waals surface area contributed by atoms with E-state index in [4.69, 9.17) is 0 Å². The van der Waals surface area contributed by atoms with Gasteiger partial charge in [-0.2, -0.15) is 0 Å². The van der Waals surface area contributed by atoms with Crippen molar-refractivity contribution in [1.29, 1.82) is 0 Å². The van der Waals surface area contributed by atoms with E-state index in [1.165, 1.54) is 45.3 Å². The molecular weight excluding hydrogens is 314 g/mol. The third kappa shape index (κ3) is 4.79. The van der Waals surface area contributed by atoms with Crippen molar-refractivity contribution < 1.29 is 4.92 Å². The van der Waals surface area contributed by atoms with Crippen molar-refractivity contribution in [3.05, 3.63) is 39.9 Å². The molecule has 0 bridgehead atoms. The second-order valence-corrected chi connectivity index (χ2v) is 7.99. The van der Waals surface area contributed by atoms with Gasteiger partial charge in [0.05, 0.1) is 4.92 Å². The fourth-order valence-electron chi connectivity index (χ4n) is 4.24. The number of benzene rings is 1. The third-order valence-electron chi connectivity index (χ3n) is 6.15. The van der Waals surface area contributed by atoms with Crippen LogP contribution in [0.1, 0.15) is 51.1 Å².